The Hall–Kier alpha value is -0.610. The molecular formula is C5H13N3O. The van der Waals surface area contributed by atoms with Gasteiger partial charge in [0, 0.05) is 19.6 Å². The predicted molar refractivity (Wildman–Crippen MR) is 35.5 cm³/mol. The molecule has 0 unspecified atom stereocenters. The van der Waals surface area contributed by atoms with E-state index in [1.165, 1.54) is 0 Å². The van der Waals surface area contributed by atoms with Gasteiger partial charge in [-0.3, -0.25) is 16.1 Å². The number of carbonyl (C=O) groups excluding carboxylic acids is 1. The average Bonchev–Trinajstić information content (AvgIpc) is 1.91. The topological polar surface area (TPSA) is 58.4 Å². The fourth-order valence-corrected chi connectivity index (χ4v) is 0.494. The van der Waals surface area contributed by atoms with Crippen molar-refractivity contribution < 1.29 is 4.79 Å². The van der Waals surface area contributed by atoms with Crippen molar-refractivity contribution in [3.8, 4) is 0 Å². The number of carbonyl (C=O) groups is 1. The van der Waals surface area contributed by atoms with Crippen LogP contribution in [0.3, 0.4) is 0 Å². The minimum atomic E-state index is 0.645. The van der Waals surface area contributed by atoms with Crippen LogP contribution in [0.25, 0.3) is 0 Å². The third-order valence-electron chi connectivity index (χ3n) is 1.10. The molecule has 0 radical (unpaired) electrons. The Morgan fingerprint density at radius 2 is 2.44 bits per heavy atom. The summed E-state index contributed by atoms with van der Waals surface area (Å²) in [6.45, 7) is 3.99. The van der Waals surface area contributed by atoms with Gasteiger partial charge in [-0.25, -0.2) is 0 Å². The van der Waals surface area contributed by atoms with Crippen molar-refractivity contribution in [1.29, 1.82) is 0 Å². The van der Waals surface area contributed by atoms with Crippen molar-refractivity contribution in [1.82, 2.24) is 10.3 Å². The molecule has 0 atom stereocenters. The summed E-state index contributed by atoms with van der Waals surface area (Å²) in [5, 5.41) is 0. The molecule has 0 aromatic heterocycles. The van der Waals surface area contributed by atoms with E-state index in [1.807, 2.05) is 6.92 Å². The number of nitrogens with two attached hydrogens (primary N) is 1. The summed E-state index contributed by atoms with van der Waals surface area (Å²) in [5.74, 6) is 4.99. The minimum Gasteiger partial charge on any atom is -0.344 e. The van der Waals surface area contributed by atoms with Gasteiger partial charge in [-0.2, -0.15) is 0 Å². The van der Waals surface area contributed by atoms with Crippen LogP contribution < -0.4 is 11.3 Å². The van der Waals surface area contributed by atoms with E-state index in [0.717, 1.165) is 13.0 Å². The van der Waals surface area contributed by atoms with Crippen molar-refractivity contribution in [2.75, 3.05) is 19.6 Å². The maximum atomic E-state index is 10.1. The van der Waals surface area contributed by atoms with Gasteiger partial charge in [0.2, 0.25) is 6.41 Å². The minimum absolute atomic E-state index is 0.645. The molecule has 1 amide bonds. The molecule has 4 heteroatoms. The van der Waals surface area contributed by atoms with E-state index in [1.54, 1.807) is 4.90 Å². The second kappa shape index (κ2) is 5.53. The van der Waals surface area contributed by atoms with E-state index >= 15 is 0 Å². The molecule has 0 fully saturated rings. The van der Waals surface area contributed by atoms with Crippen LogP contribution in [0.2, 0.25) is 0 Å². The Bertz CT molecular complexity index is 76.6. The Morgan fingerprint density at radius 3 is 2.78 bits per heavy atom. The fraction of sp³-hybridized carbons (Fsp3) is 0.800. The van der Waals surface area contributed by atoms with Crippen LogP contribution in [0, 0.1) is 0 Å². The summed E-state index contributed by atoms with van der Waals surface area (Å²) in [7, 11) is 0. The van der Waals surface area contributed by atoms with E-state index in [4.69, 9.17) is 5.84 Å². The molecule has 54 valence electrons. The lowest BCUT2D eigenvalue weighted by Gasteiger charge is -2.12. The molecule has 0 spiro atoms. The van der Waals surface area contributed by atoms with Gasteiger partial charge in [0.25, 0.3) is 0 Å². The third-order valence-corrected chi connectivity index (χ3v) is 1.10. The van der Waals surface area contributed by atoms with Gasteiger partial charge in [-0.1, -0.05) is 0 Å². The summed E-state index contributed by atoms with van der Waals surface area (Å²) < 4.78 is 0. The molecule has 3 N–H and O–H groups in total. The number of rotatable bonds is 5. The second-order valence-corrected chi connectivity index (χ2v) is 1.69. The van der Waals surface area contributed by atoms with Crippen LogP contribution in [-0.2, 0) is 4.79 Å². The molecule has 0 saturated heterocycles. The largest absolute Gasteiger partial charge is 0.344 e. The normalized spacial score (nSPS) is 9.11. The highest BCUT2D eigenvalue weighted by atomic mass is 16.1. The van der Waals surface area contributed by atoms with Crippen LogP contribution >= 0.6 is 0 Å². The number of hydrazine groups is 1. The zero-order valence-electron chi connectivity index (χ0n) is 5.63. The average molecular weight is 131 g/mol. The van der Waals surface area contributed by atoms with E-state index in [-0.39, 0.29) is 0 Å². The summed E-state index contributed by atoms with van der Waals surface area (Å²) in [5.41, 5.74) is 2.47. The molecule has 0 heterocycles. The van der Waals surface area contributed by atoms with Gasteiger partial charge >= 0.3 is 0 Å². The zero-order valence-corrected chi connectivity index (χ0v) is 5.63. The number of likely N-dealkylation sites (N-methyl/N-ethyl adjacent to an activating group) is 1. The first-order chi connectivity index (χ1) is 4.35. The quantitative estimate of drug-likeness (QED) is 0.284. The molecule has 4 nitrogen and oxygen atoms in total. The predicted octanol–water partition coefficient (Wildman–Crippen LogP) is -1.07. The summed E-state index contributed by atoms with van der Waals surface area (Å²) in [4.78, 5) is 11.7. The highest BCUT2D eigenvalue weighted by molar-refractivity contribution is 5.46. The van der Waals surface area contributed by atoms with Crippen LogP contribution in [0.15, 0.2) is 0 Å². The number of nitrogens with zero attached hydrogens (tertiary/aromatic N) is 1. The van der Waals surface area contributed by atoms with Crippen molar-refractivity contribution in [3.05, 3.63) is 0 Å². The van der Waals surface area contributed by atoms with Crippen molar-refractivity contribution in [3.63, 3.8) is 0 Å². The monoisotopic (exact) mass is 131 g/mol. The summed E-state index contributed by atoms with van der Waals surface area (Å²) >= 11 is 0. The maximum Gasteiger partial charge on any atom is 0.209 e. The summed E-state index contributed by atoms with van der Waals surface area (Å²) in [6.07, 6.45) is 0.817. The number of nitrogens with one attached hydrogen (secondary N) is 1. The second-order valence-electron chi connectivity index (χ2n) is 1.69. The molecule has 0 aliphatic rings. The Balaban J connectivity index is 3.20. The van der Waals surface area contributed by atoms with Crippen LogP contribution in [0.5, 0.6) is 0 Å². The smallest absolute Gasteiger partial charge is 0.209 e. The van der Waals surface area contributed by atoms with Crippen molar-refractivity contribution >= 4 is 6.41 Å². The highest BCUT2D eigenvalue weighted by Crippen LogP contribution is 1.76. The molecular weight excluding hydrogens is 118 g/mol. The highest BCUT2D eigenvalue weighted by Gasteiger charge is 1.93. The van der Waals surface area contributed by atoms with E-state index in [2.05, 4.69) is 5.43 Å². The molecule has 9 heavy (non-hydrogen) atoms. The van der Waals surface area contributed by atoms with Gasteiger partial charge in [0.1, 0.15) is 0 Å². The van der Waals surface area contributed by atoms with Crippen LogP contribution in [0.4, 0.5) is 0 Å². The Morgan fingerprint density at radius 1 is 1.78 bits per heavy atom. The van der Waals surface area contributed by atoms with Crippen LogP contribution in [0.1, 0.15) is 6.92 Å². The molecule has 0 aliphatic heterocycles. The first-order valence-corrected chi connectivity index (χ1v) is 2.98. The SMILES string of the molecule is CCN(C=O)CCNN. The van der Waals surface area contributed by atoms with Gasteiger partial charge in [0.05, 0.1) is 0 Å². The molecule has 0 saturated carbocycles. The number of hydrogen-bond donors (Lipinski definition) is 2. The van der Waals surface area contributed by atoms with E-state index in [9.17, 15) is 4.79 Å². The fourth-order valence-electron chi connectivity index (χ4n) is 0.494. The maximum absolute atomic E-state index is 10.1. The van der Waals surface area contributed by atoms with Gasteiger partial charge < -0.3 is 4.90 Å². The van der Waals surface area contributed by atoms with E-state index < -0.39 is 0 Å². The zero-order chi connectivity index (χ0) is 7.11. The lowest BCUT2D eigenvalue weighted by atomic mass is 10.5. The molecule has 0 rings (SSSR count). The van der Waals surface area contributed by atoms with E-state index in [0.29, 0.717) is 13.1 Å². The molecule has 0 aromatic rings. The Kier molecular flexibility index (Phi) is 5.15. The van der Waals surface area contributed by atoms with Crippen LogP contribution in [-0.4, -0.2) is 30.9 Å². The number of hydrogen-bond acceptors (Lipinski definition) is 3. The first-order valence-electron chi connectivity index (χ1n) is 2.98. The molecule has 0 aromatic carbocycles. The lowest BCUT2D eigenvalue weighted by Crippen LogP contribution is -2.34. The number of amides is 1. The van der Waals surface area contributed by atoms with Gasteiger partial charge in [-0.15, -0.1) is 0 Å². The molecule has 0 aliphatic carbocycles. The van der Waals surface area contributed by atoms with Gasteiger partial charge in [0.15, 0.2) is 0 Å². The molecule has 0 bridgehead atoms. The Labute approximate surface area is 55.0 Å². The summed E-state index contributed by atoms with van der Waals surface area (Å²) in [6, 6.07) is 0. The third kappa shape index (κ3) is 3.93. The van der Waals surface area contributed by atoms with Crippen molar-refractivity contribution in [2.24, 2.45) is 5.84 Å². The van der Waals surface area contributed by atoms with Crippen molar-refractivity contribution in [2.45, 2.75) is 6.92 Å². The van der Waals surface area contributed by atoms with Gasteiger partial charge in [-0.05, 0) is 6.92 Å². The first kappa shape index (κ1) is 8.39. The lowest BCUT2D eigenvalue weighted by molar-refractivity contribution is -0.117. The standard InChI is InChI=1S/C5H13N3O/c1-2-8(5-9)4-3-7-6/h5,7H,2-4,6H2,1H3.